The van der Waals surface area contributed by atoms with Crippen molar-refractivity contribution in [3.63, 3.8) is 0 Å². The molecule has 4 nitrogen and oxygen atoms in total. The summed E-state index contributed by atoms with van der Waals surface area (Å²) in [4.78, 5) is 8.94. The number of benzene rings is 3. The van der Waals surface area contributed by atoms with Crippen LogP contribution in [-0.2, 0) is 6.54 Å². The van der Waals surface area contributed by atoms with E-state index in [0.29, 0.717) is 12.4 Å². The Kier molecular flexibility index (Phi) is 6.08. The summed E-state index contributed by atoms with van der Waals surface area (Å²) in [7, 11) is 0. The van der Waals surface area contributed by atoms with Crippen LogP contribution >= 0.6 is 0 Å². The van der Waals surface area contributed by atoms with Gasteiger partial charge in [0.1, 0.15) is 17.8 Å². The summed E-state index contributed by atoms with van der Waals surface area (Å²) in [6.07, 6.45) is 1.54. The largest absolute Gasteiger partial charge is 0.383 e. The number of aromatic nitrogens is 3. The van der Waals surface area contributed by atoms with Gasteiger partial charge in [0.25, 0.3) is 0 Å². The van der Waals surface area contributed by atoms with Crippen LogP contribution < -0.4 is 5.73 Å². The Morgan fingerprint density at radius 1 is 0.710 bits per heavy atom. The molecule has 2 heterocycles. The lowest BCUT2D eigenvalue weighted by Gasteiger charge is -2.13. The first-order valence-electron chi connectivity index (χ1n) is 10.6. The van der Waals surface area contributed by atoms with E-state index in [1.54, 1.807) is 6.33 Å². The quantitative estimate of drug-likeness (QED) is 0.374. The fourth-order valence-corrected chi connectivity index (χ4v) is 3.90. The van der Waals surface area contributed by atoms with E-state index in [2.05, 4.69) is 75.2 Å². The average molecular weight is 407 g/mol. The van der Waals surface area contributed by atoms with Crippen LogP contribution in [0, 0.1) is 0 Å². The molecule has 154 valence electrons. The molecule has 0 aliphatic rings. The molecule has 0 amide bonds. The predicted octanol–water partition coefficient (Wildman–Crippen LogP) is 6.42. The maximum absolute atomic E-state index is 6.38. The zero-order valence-electron chi connectivity index (χ0n) is 17.9. The molecule has 2 N–H and O–H groups in total. The highest BCUT2D eigenvalue weighted by atomic mass is 15.1. The molecule has 0 saturated carbocycles. The summed E-state index contributed by atoms with van der Waals surface area (Å²) in [6, 6.07) is 31.2. The summed E-state index contributed by atoms with van der Waals surface area (Å²) in [5.41, 5.74) is 12.8. The molecule has 0 fully saturated rings. The average Bonchev–Trinajstić information content (AvgIpc) is 3.17. The highest BCUT2D eigenvalue weighted by Crippen LogP contribution is 2.42. The third-order valence-corrected chi connectivity index (χ3v) is 5.16. The standard InChI is InChI=1S/C25H20N4.C2H6/c26-24-22-21(19-12-6-2-7-13-19)23(20-14-8-3-9-15-20)29(25(22)28-17-27-24)16-18-10-4-1-5-11-18;1-2/h1-15,17H,16H2,(H2,26,27,28);1-2H3. The molecule has 0 aliphatic heterocycles. The Morgan fingerprint density at radius 2 is 1.26 bits per heavy atom. The SMILES string of the molecule is CC.Nc1ncnc2c1c(-c1ccccc1)c(-c1ccccc1)n2Cc1ccccc1. The van der Waals surface area contributed by atoms with Gasteiger partial charge in [0, 0.05) is 12.1 Å². The highest BCUT2D eigenvalue weighted by molar-refractivity contribution is 6.07. The lowest BCUT2D eigenvalue weighted by Crippen LogP contribution is -2.03. The van der Waals surface area contributed by atoms with Crippen LogP contribution in [0.5, 0.6) is 0 Å². The second kappa shape index (κ2) is 9.26. The number of nitrogens with zero attached hydrogens (tertiary/aromatic N) is 3. The monoisotopic (exact) mass is 406 g/mol. The first-order valence-corrected chi connectivity index (χ1v) is 10.6. The first-order chi connectivity index (χ1) is 15.3. The minimum atomic E-state index is 0.498. The van der Waals surface area contributed by atoms with Crippen molar-refractivity contribution in [3.8, 4) is 22.4 Å². The van der Waals surface area contributed by atoms with E-state index >= 15 is 0 Å². The molecular formula is C27H26N4. The minimum Gasteiger partial charge on any atom is -0.383 e. The van der Waals surface area contributed by atoms with Crippen molar-refractivity contribution in [1.29, 1.82) is 0 Å². The fourth-order valence-electron chi connectivity index (χ4n) is 3.90. The molecular weight excluding hydrogens is 380 g/mol. The van der Waals surface area contributed by atoms with Crippen LogP contribution in [0.3, 0.4) is 0 Å². The van der Waals surface area contributed by atoms with Gasteiger partial charge in [-0.25, -0.2) is 9.97 Å². The van der Waals surface area contributed by atoms with Crippen LogP contribution in [0.4, 0.5) is 5.82 Å². The molecule has 5 aromatic rings. The topological polar surface area (TPSA) is 56.7 Å². The summed E-state index contributed by atoms with van der Waals surface area (Å²) in [6.45, 7) is 4.70. The Labute approximate surface area is 183 Å². The molecule has 0 aliphatic carbocycles. The lowest BCUT2D eigenvalue weighted by molar-refractivity contribution is 0.832. The van der Waals surface area contributed by atoms with Crippen LogP contribution in [0.2, 0.25) is 0 Å². The molecule has 0 bridgehead atoms. The van der Waals surface area contributed by atoms with E-state index < -0.39 is 0 Å². The number of hydrogen-bond donors (Lipinski definition) is 1. The Balaban J connectivity index is 0.00000112. The van der Waals surface area contributed by atoms with Gasteiger partial charge in [-0.15, -0.1) is 0 Å². The smallest absolute Gasteiger partial charge is 0.146 e. The van der Waals surface area contributed by atoms with Gasteiger partial charge in [-0.3, -0.25) is 0 Å². The van der Waals surface area contributed by atoms with Crippen molar-refractivity contribution in [2.24, 2.45) is 0 Å². The van der Waals surface area contributed by atoms with Crippen LogP contribution in [0.15, 0.2) is 97.3 Å². The summed E-state index contributed by atoms with van der Waals surface area (Å²) in [5, 5.41) is 0.897. The number of hydrogen-bond acceptors (Lipinski definition) is 3. The number of rotatable bonds is 4. The molecule has 5 rings (SSSR count). The second-order valence-electron chi connectivity index (χ2n) is 6.98. The van der Waals surface area contributed by atoms with Crippen LogP contribution in [0.1, 0.15) is 19.4 Å². The van der Waals surface area contributed by atoms with E-state index in [-0.39, 0.29) is 0 Å². The normalized spacial score (nSPS) is 10.5. The predicted molar refractivity (Wildman–Crippen MR) is 130 cm³/mol. The zero-order chi connectivity index (χ0) is 21.6. The molecule has 0 saturated heterocycles. The van der Waals surface area contributed by atoms with Crippen molar-refractivity contribution in [2.75, 3.05) is 5.73 Å². The summed E-state index contributed by atoms with van der Waals surface area (Å²) < 4.78 is 2.25. The van der Waals surface area contributed by atoms with Gasteiger partial charge in [-0.2, -0.15) is 0 Å². The summed E-state index contributed by atoms with van der Waals surface area (Å²) >= 11 is 0. The third-order valence-electron chi connectivity index (χ3n) is 5.16. The zero-order valence-corrected chi connectivity index (χ0v) is 17.9. The van der Waals surface area contributed by atoms with Crippen LogP contribution in [0.25, 0.3) is 33.4 Å². The molecule has 4 heteroatoms. The van der Waals surface area contributed by atoms with Crippen molar-refractivity contribution in [2.45, 2.75) is 20.4 Å². The summed E-state index contributed by atoms with van der Waals surface area (Å²) in [5.74, 6) is 0.498. The van der Waals surface area contributed by atoms with E-state index in [1.165, 1.54) is 5.56 Å². The number of fused-ring (bicyclic) bond motifs is 1. The van der Waals surface area contributed by atoms with E-state index in [0.717, 1.165) is 33.4 Å². The Bertz CT molecular complexity index is 1260. The number of anilines is 1. The van der Waals surface area contributed by atoms with E-state index in [4.69, 9.17) is 5.73 Å². The van der Waals surface area contributed by atoms with Gasteiger partial charge in [0.05, 0.1) is 11.1 Å². The van der Waals surface area contributed by atoms with Crippen molar-refractivity contribution in [1.82, 2.24) is 14.5 Å². The van der Waals surface area contributed by atoms with Gasteiger partial charge in [-0.05, 0) is 16.7 Å². The molecule has 0 unspecified atom stereocenters. The van der Waals surface area contributed by atoms with Crippen molar-refractivity contribution in [3.05, 3.63) is 103 Å². The Morgan fingerprint density at radius 3 is 1.87 bits per heavy atom. The number of nitrogens with two attached hydrogens (primary N) is 1. The van der Waals surface area contributed by atoms with Crippen LogP contribution in [-0.4, -0.2) is 14.5 Å². The van der Waals surface area contributed by atoms with Crippen molar-refractivity contribution >= 4 is 16.9 Å². The molecule has 3 aromatic carbocycles. The molecule has 0 atom stereocenters. The maximum atomic E-state index is 6.38. The lowest BCUT2D eigenvalue weighted by atomic mass is 9.99. The van der Waals surface area contributed by atoms with E-state index in [9.17, 15) is 0 Å². The van der Waals surface area contributed by atoms with E-state index in [1.807, 2.05) is 44.2 Å². The molecule has 2 aromatic heterocycles. The van der Waals surface area contributed by atoms with Gasteiger partial charge < -0.3 is 10.3 Å². The Hall–Kier alpha value is -3.92. The molecule has 0 spiro atoms. The first kappa shape index (κ1) is 20.4. The van der Waals surface area contributed by atoms with Gasteiger partial charge in [-0.1, -0.05) is 105 Å². The van der Waals surface area contributed by atoms with Gasteiger partial charge >= 0.3 is 0 Å². The highest BCUT2D eigenvalue weighted by Gasteiger charge is 2.23. The molecule has 31 heavy (non-hydrogen) atoms. The number of nitrogen functional groups attached to an aromatic ring is 1. The fraction of sp³-hybridized carbons (Fsp3) is 0.111. The van der Waals surface area contributed by atoms with Gasteiger partial charge in [0.2, 0.25) is 0 Å². The molecule has 0 radical (unpaired) electrons. The van der Waals surface area contributed by atoms with Crippen molar-refractivity contribution < 1.29 is 0 Å². The third kappa shape index (κ3) is 3.92. The minimum absolute atomic E-state index is 0.498. The van der Waals surface area contributed by atoms with Gasteiger partial charge in [0.15, 0.2) is 0 Å². The maximum Gasteiger partial charge on any atom is 0.146 e. The second-order valence-corrected chi connectivity index (χ2v) is 6.98.